The molecular weight excluding hydrogens is 326 g/mol. The van der Waals surface area contributed by atoms with Crippen molar-refractivity contribution in [3.05, 3.63) is 47.8 Å². The number of aromatic nitrogens is 2. The molecule has 7 heteroatoms. The monoisotopic (exact) mass is 349 g/mol. The zero-order valence-electron chi connectivity index (χ0n) is 13.7. The highest BCUT2D eigenvalue weighted by atomic mass is 32.2. The SMILES string of the molecule is CCc1ccccc1S(=O)(=O)NC[C@@H]1CCCO[C@H]1c1cn[nH]c1. The molecule has 3 rings (SSSR count). The summed E-state index contributed by atoms with van der Waals surface area (Å²) in [7, 11) is -3.52. The van der Waals surface area contributed by atoms with Gasteiger partial charge in [0.25, 0.3) is 0 Å². The van der Waals surface area contributed by atoms with Gasteiger partial charge in [-0.2, -0.15) is 5.10 Å². The second-order valence-electron chi connectivity index (χ2n) is 6.04. The van der Waals surface area contributed by atoms with Gasteiger partial charge in [0.05, 0.1) is 17.2 Å². The molecule has 1 saturated heterocycles. The number of hydrogen-bond acceptors (Lipinski definition) is 4. The maximum absolute atomic E-state index is 12.7. The Bertz CT molecular complexity index is 759. The van der Waals surface area contributed by atoms with E-state index in [-0.39, 0.29) is 12.0 Å². The lowest BCUT2D eigenvalue weighted by molar-refractivity contribution is -0.0262. The van der Waals surface area contributed by atoms with Crippen LogP contribution in [0.15, 0.2) is 41.6 Å². The summed E-state index contributed by atoms with van der Waals surface area (Å²) in [6, 6.07) is 7.13. The van der Waals surface area contributed by atoms with Crippen molar-refractivity contribution in [2.24, 2.45) is 5.92 Å². The van der Waals surface area contributed by atoms with Crippen LogP contribution in [0.1, 0.15) is 37.0 Å². The van der Waals surface area contributed by atoms with Gasteiger partial charge in [-0.15, -0.1) is 0 Å². The molecule has 1 aromatic heterocycles. The molecule has 0 unspecified atom stereocenters. The van der Waals surface area contributed by atoms with E-state index in [1.165, 1.54) is 0 Å². The molecule has 6 nitrogen and oxygen atoms in total. The molecule has 1 aliphatic rings. The fourth-order valence-corrected chi connectivity index (χ4v) is 4.59. The highest BCUT2D eigenvalue weighted by Crippen LogP contribution is 2.33. The van der Waals surface area contributed by atoms with Crippen LogP contribution in [0, 0.1) is 5.92 Å². The molecule has 0 spiro atoms. The summed E-state index contributed by atoms with van der Waals surface area (Å²) in [5, 5.41) is 6.76. The first kappa shape index (κ1) is 17.1. The summed E-state index contributed by atoms with van der Waals surface area (Å²) in [5.41, 5.74) is 1.80. The number of sulfonamides is 1. The van der Waals surface area contributed by atoms with E-state index < -0.39 is 10.0 Å². The van der Waals surface area contributed by atoms with Gasteiger partial charge >= 0.3 is 0 Å². The first-order valence-electron chi connectivity index (χ1n) is 8.29. The average Bonchev–Trinajstić information content (AvgIpc) is 3.15. The Morgan fingerprint density at radius 3 is 2.96 bits per heavy atom. The molecule has 1 aliphatic heterocycles. The van der Waals surface area contributed by atoms with Gasteiger partial charge in [0.15, 0.2) is 0 Å². The van der Waals surface area contributed by atoms with Crippen LogP contribution in [-0.4, -0.2) is 31.8 Å². The zero-order valence-corrected chi connectivity index (χ0v) is 14.6. The molecular formula is C17H23N3O3S. The number of hydrogen-bond donors (Lipinski definition) is 2. The Labute approximate surface area is 142 Å². The lowest BCUT2D eigenvalue weighted by Crippen LogP contribution is -2.35. The molecule has 24 heavy (non-hydrogen) atoms. The summed E-state index contributed by atoms with van der Waals surface area (Å²) in [4.78, 5) is 0.365. The fourth-order valence-electron chi connectivity index (χ4n) is 3.19. The average molecular weight is 349 g/mol. The number of aryl methyl sites for hydroxylation is 1. The topological polar surface area (TPSA) is 84.1 Å². The molecule has 2 atom stereocenters. The lowest BCUT2D eigenvalue weighted by atomic mass is 9.91. The van der Waals surface area contributed by atoms with Gasteiger partial charge in [0, 0.05) is 30.8 Å². The van der Waals surface area contributed by atoms with Crippen molar-refractivity contribution >= 4 is 10.0 Å². The molecule has 0 bridgehead atoms. The third-order valence-electron chi connectivity index (χ3n) is 4.47. The Morgan fingerprint density at radius 1 is 1.38 bits per heavy atom. The molecule has 2 N–H and O–H groups in total. The van der Waals surface area contributed by atoms with Gasteiger partial charge < -0.3 is 4.74 Å². The van der Waals surface area contributed by atoms with Gasteiger partial charge in [-0.25, -0.2) is 13.1 Å². The maximum atomic E-state index is 12.7. The molecule has 2 aromatic rings. The second kappa shape index (κ2) is 7.46. The van der Waals surface area contributed by atoms with Crippen molar-refractivity contribution in [3.8, 4) is 0 Å². The van der Waals surface area contributed by atoms with E-state index in [1.807, 2.05) is 25.3 Å². The number of nitrogens with one attached hydrogen (secondary N) is 2. The molecule has 2 heterocycles. The maximum Gasteiger partial charge on any atom is 0.240 e. The van der Waals surface area contributed by atoms with Crippen molar-refractivity contribution < 1.29 is 13.2 Å². The second-order valence-corrected chi connectivity index (χ2v) is 7.77. The highest BCUT2D eigenvalue weighted by molar-refractivity contribution is 7.89. The van der Waals surface area contributed by atoms with Crippen LogP contribution in [0.5, 0.6) is 0 Å². The molecule has 0 amide bonds. The van der Waals surface area contributed by atoms with Gasteiger partial charge in [-0.05, 0) is 30.9 Å². The largest absolute Gasteiger partial charge is 0.373 e. The number of H-pyrrole nitrogens is 1. The van der Waals surface area contributed by atoms with Gasteiger partial charge in [0.2, 0.25) is 10.0 Å². The van der Waals surface area contributed by atoms with Gasteiger partial charge in [-0.1, -0.05) is 25.1 Å². The first-order valence-corrected chi connectivity index (χ1v) is 9.78. The number of ether oxygens (including phenoxy) is 1. The Balaban J connectivity index is 1.73. The fraction of sp³-hybridized carbons (Fsp3) is 0.471. The zero-order chi connectivity index (χ0) is 17.0. The highest BCUT2D eigenvalue weighted by Gasteiger charge is 2.29. The van der Waals surface area contributed by atoms with Crippen molar-refractivity contribution in [1.29, 1.82) is 0 Å². The number of rotatable bonds is 6. The molecule has 1 aromatic carbocycles. The lowest BCUT2D eigenvalue weighted by Gasteiger charge is -2.31. The van der Waals surface area contributed by atoms with Crippen LogP contribution in [0.25, 0.3) is 0 Å². The Morgan fingerprint density at radius 2 is 2.21 bits per heavy atom. The van der Waals surface area contributed by atoms with Crippen LogP contribution in [0.3, 0.4) is 0 Å². The quantitative estimate of drug-likeness (QED) is 0.839. The van der Waals surface area contributed by atoms with Crippen molar-refractivity contribution in [2.75, 3.05) is 13.2 Å². The van der Waals surface area contributed by atoms with Crippen LogP contribution in [0.4, 0.5) is 0 Å². The minimum Gasteiger partial charge on any atom is -0.373 e. The summed E-state index contributed by atoms with van der Waals surface area (Å²) < 4.78 is 34.0. The Hall–Kier alpha value is -1.70. The summed E-state index contributed by atoms with van der Waals surface area (Å²) in [5.74, 6) is 0.0971. The van der Waals surface area contributed by atoms with E-state index in [0.717, 1.165) is 24.0 Å². The summed E-state index contributed by atoms with van der Waals surface area (Å²) >= 11 is 0. The summed E-state index contributed by atoms with van der Waals surface area (Å²) in [6.45, 7) is 3.01. The predicted octanol–water partition coefficient (Wildman–Crippen LogP) is 2.42. The van der Waals surface area contributed by atoms with Gasteiger partial charge in [0.1, 0.15) is 0 Å². The third kappa shape index (κ3) is 3.68. The van der Waals surface area contributed by atoms with Crippen molar-refractivity contribution in [2.45, 2.75) is 37.2 Å². The smallest absolute Gasteiger partial charge is 0.240 e. The van der Waals surface area contributed by atoms with Crippen LogP contribution >= 0.6 is 0 Å². The van der Waals surface area contributed by atoms with Crippen LogP contribution in [-0.2, 0) is 21.2 Å². The van der Waals surface area contributed by atoms with Crippen LogP contribution in [0.2, 0.25) is 0 Å². The van der Waals surface area contributed by atoms with E-state index >= 15 is 0 Å². The van der Waals surface area contributed by atoms with Crippen LogP contribution < -0.4 is 4.72 Å². The van der Waals surface area contributed by atoms with E-state index in [0.29, 0.717) is 24.5 Å². The first-order chi connectivity index (χ1) is 11.6. The minimum absolute atomic E-state index is 0.0971. The third-order valence-corrected chi connectivity index (χ3v) is 6.00. The minimum atomic E-state index is -3.52. The number of aromatic amines is 1. The number of benzene rings is 1. The van der Waals surface area contributed by atoms with Gasteiger partial charge in [-0.3, -0.25) is 5.10 Å². The number of nitrogens with zero attached hydrogens (tertiary/aromatic N) is 1. The molecule has 0 aliphatic carbocycles. The predicted molar refractivity (Wildman–Crippen MR) is 91.0 cm³/mol. The molecule has 0 saturated carbocycles. The molecule has 0 radical (unpaired) electrons. The Kier molecular flexibility index (Phi) is 5.33. The van der Waals surface area contributed by atoms with Crippen molar-refractivity contribution in [3.63, 3.8) is 0 Å². The van der Waals surface area contributed by atoms with E-state index in [2.05, 4.69) is 14.9 Å². The standard InChI is InChI=1S/C17H23N3O3S/c1-2-13-6-3-4-8-16(13)24(21,22)20-12-14-7-5-9-23-17(14)15-10-18-19-11-15/h3-4,6,8,10-11,14,17,20H,2,5,7,9,12H2,1H3,(H,18,19)/t14-,17+/m0/s1. The van der Waals surface area contributed by atoms with E-state index in [1.54, 1.807) is 18.3 Å². The van der Waals surface area contributed by atoms with E-state index in [9.17, 15) is 8.42 Å². The molecule has 1 fully saturated rings. The van der Waals surface area contributed by atoms with E-state index in [4.69, 9.17) is 4.74 Å². The normalized spacial score (nSPS) is 21.7. The summed E-state index contributed by atoms with van der Waals surface area (Å²) in [6.07, 6.45) is 5.97. The molecule has 130 valence electrons. The van der Waals surface area contributed by atoms with Crippen molar-refractivity contribution in [1.82, 2.24) is 14.9 Å².